The van der Waals surface area contributed by atoms with E-state index in [-0.39, 0.29) is 5.91 Å². The first kappa shape index (κ1) is 13.1. The lowest BCUT2D eigenvalue weighted by Gasteiger charge is -2.27. The molecule has 1 aliphatic rings. The van der Waals surface area contributed by atoms with Crippen LogP contribution in [0.3, 0.4) is 0 Å². The van der Waals surface area contributed by atoms with Crippen LogP contribution in [0.5, 0.6) is 0 Å². The van der Waals surface area contributed by atoms with Gasteiger partial charge in [0.25, 0.3) is 5.91 Å². The summed E-state index contributed by atoms with van der Waals surface area (Å²) < 4.78 is 0.776. The molecule has 18 heavy (non-hydrogen) atoms. The van der Waals surface area contributed by atoms with Crippen molar-refractivity contribution in [3.63, 3.8) is 0 Å². The van der Waals surface area contributed by atoms with Crippen molar-refractivity contribution in [2.75, 3.05) is 34.2 Å². The van der Waals surface area contributed by atoms with Crippen LogP contribution < -0.4 is 4.48 Å². The number of carbonyl (C=O) groups excluding carboxylic acids is 1. The maximum atomic E-state index is 12.3. The average Bonchev–Trinajstić information content (AvgIpc) is 2.38. The third kappa shape index (κ3) is 2.91. The highest BCUT2D eigenvalue weighted by molar-refractivity contribution is 5.94. The fourth-order valence-corrected chi connectivity index (χ4v) is 2.33. The van der Waals surface area contributed by atoms with E-state index >= 15 is 0 Å². The first-order valence-electron chi connectivity index (χ1n) is 6.70. The van der Waals surface area contributed by atoms with Crippen molar-refractivity contribution in [1.29, 1.82) is 0 Å². The molecule has 0 N–H and O–H groups in total. The Morgan fingerprint density at radius 1 is 1.00 bits per heavy atom. The molecule has 0 bridgehead atoms. The summed E-state index contributed by atoms with van der Waals surface area (Å²) in [6.45, 7) is 1.83. The summed E-state index contributed by atoms with van der Waals surface area (Å²) in [5, 5.41) is 0. The molecule has 0 atom stereocenters. The summed E-state index contributed by atoms with van der Waals surface area (Å²) in [6, 6.07) is 8.01. The van der Waals surface area contributed by atoms with Gasteiger partial charge in [0.05, 0.1) is 21.1 Å². The molecule has 1 aromatic rings. The lowest BCUT2D eigenvalue weighted by atomic mass is 10.1. The zero-order valence-corrected chi connectivity index (χ0v) is 11.6. The predicted octanol–water partition coefficient (Wildman–Crippen LogP) is 2.51. The Bertz CT molecular complexity index is 411. The highest BCUT2D eigenvalue weighted by Gasteiger charge is 2.19. The van der Waals surface area contributed by atoms with E-state index in [0.717, 1.165) is 36.0 Å². The molecule has 0 aliphatic carbocycles. The SMILES string of the molecule is C[N+](C)(C)c1ccc(C(=O)N2CCCCC2)cc1. The molecule has 0 saturated carbocycles. The summed E-state index contributed by atoms with van der Waals surface area (Å²) in [5.41, 5.74) is 2.03. The highest BCUT2D eigenvalue weighted by atomic mass is 16.2. The van der Waals surface area contributed by atoms with Crippen molar-refractivity contribution in [2.24, 2.45) is 0 Å². The number of carbonyl (C=O) groups is 1. The molecule has 0 unspecified atom stereocenters. The number of rotatable bonds is 2. The number of amides is 1. The second kappa shape index (κ2) is 5.11. The van der Waals surface area contributed by atoms with Gasteiger partial charge in [-0.15, -0.1) is 0 Å². The number of nitrogens with zero attached hydrogens (tertiary/aromatic N) is 2. The summed E-state index contributed by atoms with van der Waals surface area (Å²) in [7, 11) is 6.38. The van der Waals surface area contributed by atoms with Crippen LogP contribution in [0.25, 0.3) is 0 Å². The van der Waals surface area contributed by atoms with E-state index in [2.05, 4.69) is 33.3 Å². The largest absolute Gasteiger partial charge is 0.339 e. The molecule has 3 heteroatoms. The van der Waals surface area contributed by atoms with E-state index in [1.54, 1.807) is 0 Å². The second-order valence-electron chi connectivity index (χ2n) is 5.91. The smallest absolute Gasteiger partial charge is 0.253 e. The lowest BCUT2D eigenvalue weighted by Crippen LogP contribution is -2.36. The quantitative estimate of drug-likeness (QED) is 0.735. The minimum Gasteiger partial charge on any atom is -0.339 e. The van der Waals surface area contributed by atoms with Crippen LogP contribution in [-0.2, 0) is 0 Å². The fourth-order valence-electron chi connectivity index (χ4n) is 2.33. The first-order chi connectivity index (χ1) is 8.48. The van der Waals surface area contributed by atoms with Gasteiger partial charge in [-0.2, -0.15) is 0 Å². The van der Waals surface area contributed by atoms with E-state index in [0.29, 0.717) is 0 Å². The molecule has 2 rings (SSSR count). The zero-order chi connectivity index (χ0) is 13.2. The van der Waals surface area contributed by atoms with Crippen molar-refractivity contribution in [2.45, 2.75) is 19.3 Å². The third-order valence-electron chi connectivity index (χ3n) is 3.53. The number of hydrogen-bond acceptors (Lipinski definition) is 1. The molecule has 98 valence electrons. The minimum atomic E-state index is 0.183. The number of likely N-dealkylation sites (tertiary alicyclic amines) is 1. The van der Waals surface area contributed by atoms with Gasteiger partial charge in [-0.05, 0) is 43.5 Å². The summed E-state index contributed by atoms with van der Waals surface area (Å²) >= 11 is 0. The van der Waals surface area contributed by atoms with Gasteiger partial charge in [-0.1, -0.05) is 0 Å². The number of piperidine rings is 1. The second-order valence-corrected chi connectivity index (χ2v) is 5.91. The molecule has 1 amide bonds. The predicted molar refractivity (Wildman–Crippen MR) is 75.8 cm³/mol. The van der Waals surface area contributed by atoms with Crippen molar-refractivity contribution < 1.29 is 4.79 Å². The van der Waals surface area contributed by atoms with Crippen LogP contribution in [0.1, 0.15) is 29.6 Å². The van der Waals surface area contributed by atoms with Gasteiger partial charge in [0.1, 0.15) is 5.69 Å². The summed E-state index contributed by atoms with van der Waals surface area (Å²) in [6.07, 6.45) is 3.54. The normalized spacial score (nSPS) is 16.7. The third-order valence-corrected chi connectivity index (χ3v) is 3.53. The van der Waals surface area contributed by atoms with E-state index in [4.69, 9.17) is 0 Å². The van der Waals surface area contributed by atoms with Crippen LogP contribution in [0.2, 0.25) is 0 Å². The Morgan fingerprint density at radius 3 is 2.06 bits per heavy atom. The number of quaternary nitrogens is 1. The Kier molecular flexibility index (Phi) is 3.71. The van der Waals surface area contributed by atoms with E-state index in [1.807, 2.05) is 17.0 Å². The van der Waals surface area contributed by atoms with Crippen LogP contribution in [0.15, 0.2) is 24.3 Å². The Hall–Kier alpha value is -1.35. The van der Waals surface area contributed by atoms with Crippen LogP contribution in [0, 0.1) is 0 Å². The van der Waals surface area contributed by atoms with Crippen molar-refractivity contribution in [3.05, 3.63) is 29.8 Å². The molecule has 1 aliphatic heterocycles. The maximum absolute atomic E-state index is 12.3. The molecule has 1 heterocycles. The van der Waals surface area contributed by atoms with E-state index < -0.39 is 0 Å². The molecule has 1 saturated heterocycles. The van der Waals surface area contributed by atoms with Gasteiger partial charge < -0.3 is 4.90 Å². The summed E-state index contributed by atoms with van der Waals surface area (Å²) in [4.78, 5) is 14.3. The van der Waals surface area contributed by atoms with Gasteiger partial charge >= 0.3 is 0 Å². The molecule has 3 nitrogen and oxygen atoms in total. The molecule has 1 aromatic carbocycles. The topological polar surface area (TPSA) is 20.3 Å². The molecule has 0 aromatic heterocycles. The minimum absolute atomic E-state index is 0.183. The van der Waals surface area contributed by atoms with E-state index in [9.17, 15) is 4.79 Å². The maximum Gasteiger partial charge on any atom is 0.253 e. The van der Waals surface area contributed by atoms with Crippen LogP contribution >= 0.6 is 0 Å². The molecule has 0 radical (unpaired) electrons. The molecule has 0 spiro atoms. The van der Waals surface area contributed by atoms with Gasteiger partial charge in [0, 0.05) is 18.7 Å². The van der Waals surface area contributed by atoms with Crippen LogP contribution in [0.4, 0.5) is 5.69 Å². The first-order valence-corrected chi connectivity index (χ1v) is 6.70. The van der Waals surface area contributed by atoms with Gasteiger partial charge in [0.15, 0.2) is 0 Å². The number of hydrogen-bond donors (Lipinski definition) is 0. The van der Waals surface area contributed by atoms with Crippen molar-refractivity contribution in [1.82, 2.24) is 9.38 Å². The van der Waals surface area contributed by atoms with Crippen LogP contribution in [-0.4, -0.2) is 45.0 Å². The number of benzene rings is 1. The standard InChI is InChI=1S/C15H23N2O/c1-17(2,3)14-9-7-13(8-10-14)15(18)16-11-5-4-6-12-16/h7-10H,4-6,11-12H2,1-3H3/q+1. The molecular weight excluding hydrogens is 224 g/mol. The Balaban J connectivity index is 2.11. The van der Waals surface area contributed by atoms with Gasteiger partial charge in [-0.3, -0.25) is 9.28 Å². The van der Waals surface area contributed by atoms with Gasteiger partial charge in [-0.25, -0.2) is 0 Å². The lowest BCUT2D eigenvalue weighted by molar-refractivity contribution is 0.0724. The van der Waals surface area contributed by atoms with Crippen molar-refractivity contribution >= 4 is 11.6 Å². The fraction of sp³-hybridized carbons (Fsp3) is 0.533. The molecular formula is C15H23N2O+. The van der Waals surface area contributed by atoms with E-state index in [1.165, 1.54) is 12.1 Å². The zero-order valence-electron chi connectivity index (χ0n) is 11.6. The average molecular weight is 247 g/mol. The van der Waals surface area contributed by atoms with Crippen molar-refractivity contribution in [3.8, 4) is 0 Å². The highest BCUT2D eigenvalue weighted by Crippen LogP contribution is 2.19. The Labute approximate surface area is 110 Å². The van der Waals surface area contributed by atoms with Gasteiger partial charge in [0.2, 0.25) is 0 Å². The monoisotopic (exact) mass is 247 g/mol. The summed E-state index contributed by atoms with van der Waals surface area (Å²) in [5.74, 6) is 0.183. The Morgan fingerprint density at radius 2 is 1.56 bits per heavy atom. The molecule has 1 fully saturated rings.